The topological polar surface area (TPSA) is 119 Å². The van der Waals surface area contributed by atoms with Crippen LogP contribution in [0.15, 0.2) is 72.5 Å². The molecule has 3 aliphatic heterocycles. The van der Waals surface area contributed by atoms with E-state index >= 15 is 0 Å². The van der Waals surface area contributed by atoms with E-state index in [1.807, 2.05) is 39.8 Å². The number of sulfonamides is 1. The number of aromatic nitrogens is 2. The van der Waals surface area contributed by atoms with Crippen molar-refractivity contribution in [3.8, 4) is 11.5 Å². The number of anilines is 1. The van der Waals surface area contributed by atoms with E-state index in [4.69, 9.17) is 4.74 Å². The molecule has 0 N–H and O–H groups in total. The highest BCUT2D eigenvalue weighted by atomic mass is 32.2. The predicted octanol–water partition coefficient (Wildman–Crippen LogP) is 5.18. The smallest absolute Gasteiger partial charge is 0.258 e. The largest absolute Gasteiger partial charge is 0.451 e. The molecule has 0 aliphatic carbocycles. The number of carbonyl (C=O) groups is 2. The zero-order valence-electron chi connectivity index (χ0n) is 31.1. The third-order valence-corrected chi connectivity index (χ3v) is 12.5. The van der Waals surface area contributed by atoms with Crippen LogP contribution in [-0.4, -0.2) is 114 Å². The van der Waals surface area contributed by atoms with Crippen molar-refractivity contribution in [2.75, 3.05) is 57.3 Å². The molecule has 3 aromatic rings. The van der Waals surface area contributed by atoms with Gasteiger partial charge in [-0.05, 0) is 102 Å². The van der Waals surface area contributed by atoms with Crippen LogP contribution in [0.25, 0.3) is 0 Å². The lowest BCUT2D eigenvalue weighted by atomic mass is 9.72. The number of rotatable bonds is 11. The van der Waals surface area contributed by atoms with Gasteiger partial charge in [0, 0.05) is 63.3 Å². The fraction of sp³-hybridized carbons (Fsp3) is 0.487. The molecule has 1 aromatic heterocycles. The van der Waals surface area contributed by atoms with E-state index in [-0.39, 0.29) is 52.1 Å². The molecule has 0 saturated carbocycles. The van der Waals surface area contributed by atoms with Gasteiger partial charge < -0.3 is 19.4 Å². The molecule has 0 atom stereocenters. The number of benzene rings is 2. The maximum Gasteiger partial charge on any atom is 0.258 e. The van der Waals surface area contributed by atoms with E-state index in [2.05, 4.69) is 26.3 Å². The molecular formula is C39H50FN7O5S. The number of hydrogen-bond acceptors (Lipinski definition) is 9. The van der Waals surface area contributed by atoms with Crippen molar-refractivity contribution in [3.05, 3.63) is 84.6 Å². The Balaban J connectivity index is 1.04. The van der Waals surface area contributed by atoms with Gasteiger partial charge in [-0.15, -0.1) is 0 Å². The van der Waals surface area contributed by atoms with Gasteiger partial charge in [0.1, 0.15) is 17.9 Å². The van der Waals surface area contributed by atoms with Gasteiger partial charge in [-0.1, -0.05) is 18.7 Å². The van der Waals surface area contributed by atoms with Crippen molar-refractivity contribution < 1.29 is 27.1 Å². The number of halogens is 1. The van der Waals surface area contributed by atoms with Gasteiger partial charge >= 0.3 is 0 Å². The molecule has 3 aliphatic rings. The molecule has 4 heterocycles. The van der Waals surface area contributed by atoms with Gasteiger partial charge in [0.2, 0.25) is 15.9 Å². The lowest BCUT2D eigenvalue weighted by molar-refractivity contribution is -0.125. The van der Waals surface area contributed by atoms with Gasteiger partial charge in [0.25, 0.3) is 5.91 Å². The number of piperidine rings is 1. The molecule has 0 unspecified atom stereocenters. The van der Waals surface area contributed by atoms with Crippen LogP contribution in [0.5, 0.6) is 11.5 Å². The summed E-state index contributed by atoms with van der Waals surface area (Å²) >= 11 is 0. The van der Waals surface area contributed by atoms with E-state index in [1.165, 1.54) is 34.9 Å². The van der Waals surface area contributed by atoms with Crippen LogP contribution in [0.4, 0.5) is 10.2 Å². The number of amides is 2. The van der Waals surface area contributed by atoms with E-state index in [9.17, 15) is 22.4 Å². The third-order valence-electron chi connectivity index (χ3n) is 10.6. The second-order valence-electron chi connectivity index (χ2n) is 14.9. The molecule has 0 radical (unpaired) electrons. The summed E-state index contributed by atoms with van der Waals surface area (Å²) in [6.07, 6.45) is 6.93. The summed E-state index contributed by atoms with van der Waals surface area (Å²) in [6.45, 7) is 16.9. The summed E-state index contributed by atoms with van der Waals surface area (Å²) in [5.74, 6) is 0.304. The van der Waals surface area contributed by atoms with E-state index in [0.29, 0.717) is 37.6 Å². The number of ether oxygens (including phenoxy) is 1. The molecule has 2 amide bonds. The Bertz CT molecular complexity index is 1900. The van der Waals surface area contributed by atoms with Gasteiger partial charge in [0.05, 0.1) is 16.7 Å². The molecular weight excluding hydrogens is 698 g/mol. The van der Waals surface area contributed by atoms with Crippen molar-refractivity contribution in [2.24, 2.45) is 5.41 Å². The first kappa shape index (κ1) is 38.3. The molecule has 6 rings (SSSR count). The molecule has 1 spiro atoms. The van der Waals surface area contributed by atoms with Crippen molar-refractivity contribution in [1.82, 2.24) is 29.0 Å². The molecule has 53 heavy (non-hydrogen) atoms. The Hall–Kier alpha value is -4.40. The average Bonchev–Trinajstić information content (AvgIpc) is 3.39. The highest BCUT2D eigenvalue weighted by Crippen LogP contribution is 2.45. The maximum atomic E-state index is 14.4. The molecule has 3 fully saturated rings. The van der Waals surface area contributed by atoms with Gasteiger partial charge in [-0.25, -0.2) is 22.8 Å². The number of nitrogens with zero attached hydrogens (tertiary/aromatic N) is 7. The Labute approximate surface area is 312 Å². The summed E-state index contributed by atoms with van der Waals surface area (Å²) in [7, 11) is -3.67. The van der Waals surface area contributed by atoms with Crippen LogP contribution in [-0.2, 0) is 21.4 Å². The monoisotopic (exact) mass is 747 g/mol. The first-order chi connectivity index (χ1) is 25.3. The minimum Gasteiger partial charge on any atom is -0.451 e. The zero-order valence-corrected chi connectivity index (χ0v) is 31.9. The highest BCUT2D eigenvalue weighted by Gasteiger charge is 2.46. The van der Waals surface area contributed by atoms with Crippen molar-refractivity contribution in [2.45, 2.75) is 70.5 Å². The zero-order chi connectivity index (χ0) is 37.9. The van der Waals surface area contributed by atoms with Gasteiger partial charge in [-0.2, -0.15) is 4.31 Å². The van der Waals surface area contributed by atoms with Crippen molar-refractivity contribution in [1.29, 1.82) is 0 Å². The second kappa shape index (κ2) is 15.9. The number of carbonyl (C=O) groups excluding carboxylic acids is 2. The van der Waals surface area contributed by atoms with Crippen LogP contribution in [0.1, 0.15) is 62.9 Å². The normalized spacial score (nSPS) is 18.2. The molecule has 284 valence electrons. The van der Waals surface area contributed by atoms with E-state index in [0.717, 1.165) is 51.1 Å². The summed E-state index contributed by atoms with van der Waals surface area (Å²) in [5, 5.41) is 0. The maximum absolute atomic E-state index is 14.4. The summed E-state index contributed by atoms with van der Waals surface area (Å²) in [6, 6.07) is 11.0. The number of hydrogen-bond donors (Lipinski definition) is 0. The molecule has 14 heteroatoms. The second-order valence-corrected chi connectivity index (χ2v) is 16.9. The highest BCUT2D eigenvalue weighted by molar-refractivity contribution is 7.89. The average molecular weight is 748 g/mol. The van der Waals surface area contributed by atoms with E-state index in [1.54, 1.807) is 28.1 Å². The summed E-state index contributed by atoms with van der Waals surface area (Å²) < 4.78 is 49.0. The third kappa shape index (κ3) is 8.39. The minimum atomic E-state index is -3.67. The van der Waals surface area contributed by atoms with Gasteiger partial charge in [-0.3, -0.25) is 14.5 Å². The Morgan fingerprint density at radius 1 is 0.962 bits per heavy atom. The van der Waals surface area contributed by atoms with Crippen molar-refractivity contribution >= 4 is 27.7 Å². The molecule has 0 bridgehead atoms. The lowest BCUT2D eigenvalue weighted by Gasteiger charge is -2.54. The fourth-order valence-corrected chi connectivity index (χ4v) is 9.24. The van der Waals surface area contributed by atoms with Crippen LogP contribution in [0.2, 0.25) is 0 Å². The molecule has 12 nitrogen and oxygen atoms in total. The van der Waals surface area contributed by atoms with E-state index < -0.39 is 15.8 Å². The first-order valence-corrected chi connectivity index (χ1v) is 19.8. The van der Waals surface area contributed by atoms with Crippen LogP contribution in [0.3, 0.4) is 0 Å². The quantitative estimate of drug-likeness (QED) is 0.245. The standard InChI is InChI=1S/C39H50FN7O5S/c1-6-36(48)44-16-7-17-46(21-20-44)53(50,51)32-11-8-30(9-12-32)24-43-18-14-39(15-19-43)25-45(26-39)37-35(23-41-27-42-37)52-34-13-10-31(40)22-33(34)38(49)47(28(2)3)29(4)5/h6,8-13,22-23,27-29H,1,7,14-21,24-26H2,2-5H3. The molecule has 3 saturated heterocycles. The summed E-state index contributed by atoms with van der Waals surface area (Å²) in [5.41, 5.74) is 1.35. The Morgan fingerprint density at radius 2 is 1.66 bits per heavy atom. The first-order valence-electron chi connectivity index (χ1n) is 18.4. The fourth-order valence-electron chi connectivity index (χ4n) is 7.77. The van der Waals surface area contributed by atoms with Crippen molar-refractivity contribution in [3.63, 3.8) is 0 Å². The molecule has 2 aromatic carbocycles. The van der Waals surface area contributed by atoms with Crippen LogP contribution in [0, 0.1) is 11.2 Å². The Kier molecular flexibility index (Phi) is 11.5. The predicted molar refractivity (Wildman–Crippen MR) is 201 cm³/mol. The number of likely N-dealkylation sites (tertiary alicyclic amines) is 1. The minimum absolute atomic E-state index is 0.0813. The van der Waals surface area contributed by atoms with Crippen LogP contribution < -0.4 is 9.64 Å². The summed E-state index contributed by atoms with van der Waals surface area (Å²) in [4.78, 5) is 42.5. The lowest BCUT2D eigenvalue weighted by Crippen LogP contribution is -2.60. The SMILES string of the molecule is C=CC(=O)N1CCCN(S(=O)(=O)c2ccc(CN3CCC4(CC3)CN(c3ncncc3Oc3ccc(F)cc3C(=O)N(C(C)C)C(C)C)C4)cc2)CC1. The Morgan fingerprint density at radius 3 is 2.32 bits per heavy atom. The van der Waals surface area contributed by atoms with Crippen LogP contribution >= 0.6 is 0 Å². The van der Waals surface area contributed by atoms with Gasteiger partial charge in [0.15, 0.2) is 11.6 Å².